The van der Waals surface area contributed by atoms with E-state index in [1.54, 1.807) is 23.1 Å². The number of rotatable bonds is 8. The first-order valence-electron chi connectivity index (χ1n) is 9.50. The summed E-state index contributed by atoms with van der Waals surface area (Å²) in [5, 5.41) is 4.15. The van der Waals surface area contributed by atoms with Gasteiger partial charge in [-0.05, 0) is 37.8 Å². The van der Waals surface area contributed by atoms with Crippen molar-refractivity contribution in [2.75, 3.05) is 0 Å². The molecule has 0 saturated heterocycles. The van der Waals surface area contributed by atoms with Crippen molar-refractivity contribution in [3.63, 3.8) is 0 Å². The number of nitrogens with zero attached hydrogens (tertiary/aromatic N) is 1. The molecule has 4 nitrogen and oxygen atoms in total. The van der Waals surface area contributed by atoms with Gasteiger partial charge in [0, 0.05) is 34.6 Å². The maximum Gasteiger partial charge on any atom is 0.243 e. The van der Waals surface area contributed by atoms with Crippen molar-refractivity contribution in [1.82, 2.24) is 10.2 Å². The average Bonchev–Trinajstić information content (AvgIpc) is 3.10. The number of nitrogens with one attached hydrogen (secondary N) is 1. The molecular formula is C20H28Cl2N2O2. The highest BCUT2D eigenvalue weighted by molar-refractivity contribution is 6.36. The Morgan fingerprint density at radius 3 is 2.35 bits per heavy atom. The lowest BCUT2D eigenvalue weighted by atomic mass is 10.1. The fraction of sp³-hybridized carbons (Fsp3) is 0.600. The molecule has 1 aliphatic rings. The molecule has 1 saturated carbocycles. The van der Waals surface area contributed by atoms with Gasteiger partial charge in [0.15, 0.2) is 0 Å². The number of carbonyl (C=O) groups is 2. The van der Waals surface area contributed by atoms with Gasteiger partial charge in [0.25, 0.3) is 0 Å². The quantitative estimate of drug-likeness (QED) is 0.672. The van der Waals surface area contributed by atoms with E-state index in [2.05, 4.69) is 5.32 Å². The van der Waals surface area contributed by atoms with Gasteiger partial charge in [0.2, 0.25) is 11.8 Å². The molecule has 1 aromatic rings. The van der Waals surface area contributed by atoms with Gasteiger partial charge in [-0.15, -0.1) is 0 Å². The number of hydrogen-bond donors (Lipinski definition) is 1. The molecule has 1 atom stereocenters. The van der Waals surface area contributed by atoms with Gasteiger partial charge < -0.3 is 10.2 Å². The van der Waals surface area contributed by atoms with Crippen molar-refractivity contribution in [2.45, 2.75) is 77.4 Å². The van der Waals surface area contributed by atoms with Crippen LogP contribution in [0.3, 0.4) is 0 Å². The molecule has 2 amide bonds. The Kier molecular flexibility index (Phi) is 8.23. The van der Waals surface area contributed by atoms with Gasteiger partial charge >= 0.3 is 0 Å². The van der Waals surface area contributed by atoms with E-state index in [9.17, 15) is 9.59 Å². The molecule has 0 bridgehead atoms. The molecule has 0 aliphatic heterocycles. The fourth-order valence-corrected chi connectivity index (χ4v) is 4.02. The highest BCUT2D eigenvalue weighted by atomic mass is 35.5. The maximum atomic E-state index is 12.9. The standard InChI is InChI=1S/C20H28Cl2N2O2/c1-3-8-19(25)24(13-15-16(21)11-7-12-17(15)22)18(4-2)20(26)23-14-9-5-6-10-14/h7,11-12,14,18H,3-6,8-10,13H2,1-2H3,(H,23,26)/t18-/m1/s1. The summed E-state index contributed by atoms with van der Waals surface area (Å²) in [5.74, 6) is -0.121. The van der Waals surface area contributed by atoms with Crippen LogP contribution in [0.15, 0.2) is 18.2 Å². The maximum absolute atomic E-state index is 12.9. The van der Waals surface area contributed by atoms with Crippen LogP contribution in [0, 0.1) is 0 Å². The van der Waals surface area contributed by atoms with Gasteiger partial charge in [0.05, 0.1) is 0 Å². The Morgan fingerprint density at radius 2 is 1.81 bits per heavy atom. The van der Waals surface area contributed by atoms with Gasteiger partial charge in [-0.3, -0.25) is 9.59 Å². The highest BCUT2D eigenvalue weighted by Gasteiger charge is 2.30. The summed E-state index contributed by atoms with van der Waals surface area (Å²) < 4.78 is 0. The minimum Gasteiger partial charge on any atom is -0.352 e. The van der Waals surface area contributed by atoms with Crippen molar-refractivity contribution >= 4 is 35.0 Å². The predicted octanol–water partition coefficient (Wildman–Crippen LogP) is 4.96. The van der Waals surface area contributed by atoms with E-state index in [0.29, 0.717) is 28.5 Å². The monoisotopic (exact) mass is 398 g/mol. The molecule has 6 heteroatoms. The van der Waals surface area contributed by atoms with Crippen LogP contribution < -0.4 is 5.32 Å². The van der Waals surface area contributed by atoms with Crippen molar-refractivity contribution in [3.8, 4) is 0 Å². The largest absolute Gasteiger partial charge is 0.352 e. The van der Waals surface area contributed by atoms with Crippen molar-refractivity contribution in [2.24, 2.45) is 0 Å². The van der Waals surface area contributed by atoms with Gasteiger partial charge in [-0.2, -0.15) is 0 Å². The zero-order chi connectivity index (χ0) is 19.1. The molecule has 0 aromatic heterocycles. The Hall–Kier alpha value is -1.26. The Bertz CT molecular complexity index is 610. The molecule has 1 aliphatic carbocycles. The van der Waals surface area contributed by atoms with E-state index < -0.39 is 6.04 Å². The van der Waals surface area contributed by atoms with Crippen LogP contribution in [-0.4, -0.2) is 28.8 Å². The Morgan fingerprint density at radius 1 is 1.19 bits per heavy atom. The lowest BCUT2D eigenvalue weighted by Crippen LogP contribution is -2.50. The van der Waals surface area contributed by atoms with Crippen LogP contribution in [0.4, 0.5) is 0 Å². The van der Waals surface area contributed by atoms with Crippen molar-refractivity contribution in [1.29, 1.82) is 0 Å². The Labute approximate surface area is 166 Å². The third-order valence-electron chi connectivity index (χ3n) is 4.94. The van der Waals surface area contributed by atoms with Crippen LogP contribution in [-0.2, 0) is 16.1 Å². The first-order chi connectivity index (χ1) is 12.5. The van der Waals surface area contributed by atoms with E-state index in [1.165, 1.54) is 0 Å². The van der Waals surface area contributed by atoms with Crippen LogP contribution in [0.25, 0.3) is 0 Å². The summed E-state index contributed by atoms with van der Waals surface area (Å²) in [6.07, 6.45) is 6.01. The lowest BCUT2D eigenvalue weighted by Gasteiger charge is -2.32. The number of hydrogen-bond acceptors (Lipinski definition) is 2. The van der Waals surface area contributed by atoms with E-state index >= 15 is 0 Å². The number of carbonyl (C=O) groups excluding carboxylic acids is 2. The summed E-state index contributed by atoms with van der Waals surface area (Å²) in [4.78, 5) is 27.3. The number of benzene rings is 1. The summed E-state index contributed by atoms with van der Waals surface area (Å²) in [6, 6.07) is 5.00. The zero-order valence-electron chi connectivity index (χ0n) is 15.6. The molecule has 26 heavy (non-hydrogen) atoms. The second-order valence-electron chi connectivity index (χ2n) is 6.89. The van der Waals surface area contributed by atoms with E-state index in [-0.39, 0.29) is 24.4 Å². The van der Waals surface area contributed by atoms with Crippen LogP contribution in [0.1, 0.15) is 64.4 Å². The van der Waals surface area contributed by atoms with Gasteiger partial charge in [-0.25, -0.2) is 0 Å². The smallest absolute Gasteiger partial charge is 0.243 e. The molecule has 0 unspecified atom stereocenters. The van der Waals surface area contributed by atoms with Gasteiger partial charge in [-0.1, -0.05) is 56.0 Å². The van der Waals surface area contributed by atoms with Crippen molar-refractivity contribution in [3.05, 3.63) is 33.8 Å². The van der Waals surface area contributed by atoms with E-state index in [4.69, 9.17) is 23.2 Å². The third kappa shape index (κ3) is 5.37. The first-order valence-corrected chi connectivity index (χ1v) is 10.3. The van der Waals surface area contributed by atoms with Crippen LogP contribution in [0.5, 0.6) is 0 Å². The number of amides is 2. The van der Waals surface area contributed by atoms with Crippen LogP contribution >= 0.6 is 23.2 Å². The second kappa shape index (κ2) is 10.2. The van der Waals surface area contributed by atoms with E-state index in [1.807, 2.05) is 13.8 Å². The third-order valence-corrected chi connectivity index (χ3v) is 5.65. The fourth-order valence-electron chi connectivity index (χ4n) is 3.50. The number of halogens is 2. The molecule has 1 N–H and O–H groups in total. The first kappa shape index (κ1) is 21.0. The summed E-state index contributed by atoms with van der Waals surface area (Å²) in [6.45, 7) is 4.13. The molecule has 0 heterocycles. The minimum atomic E-state index is -0.512. The minimum absolute atomic E-state index is 0.0445. The van der Waals surface area contributed by atoms with Crippen LogP contribution in [0.2, 0.25) is 10.0 Å². The lowest BCUT2D eigenvalue weighted by molar-refractivity contribution is -0.141. The molecule has 1 fully saturated rings. The molecule has 2 rings (SSSR count). The topological polar surface area (TPSA) is 49.4 Å². The predicted molar refractivity (Wildman–Crippen MR) is 106 cm³/mol. The van der Waals surface area contributed by atoms with E-state index in [0.717, 1.165) is 32.1 Å². The second-order valence-corrected chi connectivity index (χ2v) is 7.70. The molecular weight excluding hydrogens is 371 g/mol. The van der Waals surface area contributed by atoms with Crippen molar-refractivity contribution < 1.29 is 9.59 Å². The summed E-state index contributed by atoms with van der Waals surface area (Å²) >= 11 is 12.6. The molecule has 144 valence electrons. The Balaban J connectivity index is 2.23. The SMILES string of the molecule is CCCC(=O)N(Cc1c(Cl)cccc1Cl)[C@H](CC)C(=O)NC1CCCC1. The molecule has 0 spiro atoms. The zero-order valence-corrected chi connectivity index (χ0v) is 17.1. The molecule has 0 radical (unpaired) electrons. The molecule has 1 aromatic carbocycles. The average molecular weight is 399 g/mol. The summed E-state index contributed by atoms with van der Waals surface area (Å²) in [5.41, 5.74) is 0.687. The normalized spacial score (nSPS) is 15.7. The highest BCUT2D eigenvalue weighted by Crippen LogP contribution is 2.27. The summed E-state index contributed by atoms with van der Waals surface area (Å²) in [7, 11) is 0. The van der Waals surface area contributed by atoms with Gasteiger partial charge in [0.1, 0.15) is 6.04 Å².